The van der Waals surface area contributed by atoms with Gasteiger partial charge in [-0.15, -0.1) is 0 Å². The van der Waals surface area contributed by atoms with Crippen LogP contribution in [0.5, 0.6) is 0 Å². The van der Waals surface area contributed by atoms with E-state index in [-0.39, 0.29) is 23.2 Å². The number of unbranched alkanes of at least 4 members (excludes halogenated alkanes) is 1. The van der Waals surface area contributed by atoms with E-state index in [2.05, 4.69) is 5.32 Å². The number of amides is 2. The average molecular weight is 549 g/mol. The molecule has 2 rings (SSSR count). The third-order valence-corrected chi connectivity index (χ3v) is 7.34. The van der Waals surface area contributed by atoms with Crippen molar-refractivity contribution in [3.05, 3.63) is 63.1 Å². The molecule has 186 valence electrons. The number of nitrogens with zero attached hydrogens (tertiary/aromatic N) is 2. The molecule has 2 amide bonds. The molecule has 0 fully saturated rings. The minimum atomic E-state index is -3.87. The van der Waals surface area contributed by atoms with E-state index in [1.165, 1.54) is 17.0 Å². The molecule has 0 saturated heterocycles. The molecule has 7 nitrogen and oxygen atoms in total. The van der Waals surface area contributed by atoms with Crippen LogP contribution in [0.2, 0.25) is 15.1 Å². The highest BCUT2D eigenvalue weighted by Crippen LogP contribution is 2.29. The molecule has 0 aliphatic carbocycles. The van der Waals surface area contributed by atoms with Crippen LogP contribution in [0.15, 0.2) is 42.5 Å². The lowest BCUT2D eigenvalue weighted by Crippen LogP contribution is -2.51. The molecule has 0 radical (unpaired) electrons. The van der Waals surface area contributed by atoms with Gasteiger partial charge in [-0.2, -0.15) is 0 Å². The number of carbonyl (C=O) groups excluding carboxylic acids is 2. The molecule has 0 aliphatic heterocycles. The maximum absolute atomic E-state index is 13.5. The molecule has 0 unspecified atom stereocenters. The maximum Gasteiger partial charge on any atom is 0.244 e. The molecule has 0 aliphatic rings. The molecule has 1 N–H and O–H groups in total. The Morgan fingerprint density at radius 3 is 2.15 bits per heavy atom. The van der Waals surface area contributed by atoms with Crippen molar-refractivity contribution in [1.29, 1.82) is 0 Å². The normalized spacial score (nSPS) is 12.2. The number of rotatable bonds is 11. The van der Waals surface area contributed by atoms with Gasteiger partial charge in [0.2, 0.25) is 21.8 Å². The van der Waals surface area contributed by atoms with Gasteiger partial charge in [0.25, 0.3) is 0 Å². The molecular weight excluding hydrogens is 521 g/mol. The molecule has 0 bridgehead atoms. The number of sulfonamides is 1. The van der Waals surface area contributed by atoms with Gasteiger partial charge >= 0.3 is 0 Å². The van der Waals surface area contributed by atoms with Crippen LogP contribution < -0.4 is 9.62 Å². The van der Waals surface area contributed by atoms with Crippen molar-refractivity contribution in [3.8, 4) is 0 Å². The third kappa shape index (κ3) is 7.50. The topological polar surface area (TPSA) is 86.8 Å². The number of anilines is 1. The highest BCUT2D eigenvalue weighted by atomic mass is 35.5. The number of benzene rings is 2. The fraction of sp³-hybridized carbons (Fsp3) is 0.391. The van der Waals surface area contributed by atoms with Crippen LogP contribution in [-0.4, -0.2) is 50.5 Å². The minimum Gasteiger partial charge on any atom is -0.354 e. The van der Waals surface area contributed by atoms with Gasteiger partial charge in [-0.25, -0.2) is 8.42 Å². The molecule has 2 aromatic rings. The minimum absolute atomic E-state index is 0.0835. The van der Waals surface area contributed by atoms with Crippen LogP contribution in [0.3, 0.4) is 0 Å². The van der Waals surface area contributed by atoms with Gasteiger partial charge in [-0.05, 0) is 37.6 Å². The van der Waals surface area contributed by atoms with Crippen LogP contribution in [0.25, 0.3) is 0 Å². The summed E-state index contributed by atoms with van der Waals surface area (Å²) >= 11 is 18.8. The zero-order valence-electron chi connectivity index (χ0n) is 19.2. The number of carbonyl (C=O) groups is 2. The quantitative estimate of drug-likeness (QED) is 0.411. The fourth-order valence-electron chi connectivity index (χ4n) is 3.22. The number of hydrogen-bond acceptors (Lipinski definition) is 4. The van der Waals surface area contributed by atoms with Crippen LogP contribution in [0.4, 0.5) is 5.69 Å². The van der Waals surface area contributed by atoms with Gasteiger partial charge in [-0.3, -0.25) is 13.9 Å². The van der Waals surface area contributed by atoms with Crippen molar-refractivity contribution in [1.82, 2.24) is 10.2 Å². The van der Waals surface area contributed by atoms with Gasteiger partial charge in [0.05, 0.1) is 17.0 Å². The van der Waals surface area contributed by atoms with E-state index in [9.17, 15) is 18.0 Å². The molecule has 2 aromatic carbocycles. The Morgan fingerprint density at radius 1 is 1.00 bits per heavy atom. The summed E-state index contributed by atoms with van der Waals surface area (Å²) in [5.74, 6) is -0.979. The molecule has 0 aromatic heterocycles. The van der Waals surface area contributed by atoms with E-state index >= 15 is 0 Å². The number of nitrogens with one attached hydrogen (secondary N) is 1. The summed E-state index contributed by atoms with van der Waals surface area (Å²) in [5, 5.41) is 3.64. The van der Waals surface area contributed by atoms with Crippen LogP contribution >= 0.6 is 34.8 Å². The summed E-state index contributed by atoms with van der Waals surface area (Å²) in [7, 11) is -3.87. The van der Waals surface area contributed by atoms with Crippen molar-refractivity contribution < 1.29 is 18.0 Å². The second kappa shape index (κ2) is 12.6. The maximum atomic E-state index is 13.5. The summed E-state index contributed by atoms with van der Waals surface area (Å²) in [6.07, 6.45) is 2.67. The number of halogens is 3. The lowest BCUT2D eigenvalue weighted by Gasteiger charge is -2.32. The predicted octanol–water partition coefficient (Wildman–Crippen LogP) is 4.75. The van der Waals surface area contributed by atoms with Crippen LogP contribution in [0.1, 0.15) is 32.3 Å². The van der Waals surface area contributed by atoms with Gasteiger partial charge in [-0.1, -0.05) is 66.3 Å². The molecule has 0 heterocycles. The summed E-state index contributed by atoms with van der Waals surface area (Å²) in [5.41, 5.74) is 0.617. The zero-order valence-corrected chi connectivity index (χ0v) is 22.3. The Hall–Kier alpha value is -2.00. The first kappa shape index (κ1) is 28.2. The molecular formula is C23H28Cl3N3O4S. The first-order valence-corrected chi connectivity index (χ1v) is 13.7. The van der Waals surface area contributed by atoms with Crippen LogP contribution in [0, 0.1) is 0 Å². The Labute approximate surface area is 216 Å². The smallest absolute Gasteiger partial charge is 0.244 e. The zero-order chi connectivity index (χ0) is 25.5. The molecule has 0 saturated carbocycles. The van der Waals surface area contributed by atoms with Gasteiger partial charge in [0.15, 0.2) is 0 Å². The van der Waals surface area contributed by atoms with Gasteiger partial charge in [0.1, 0.15) is 12.6 Å². The van der Waals surface area contributed by atoms with Crippen molar-refractivity contribution in [2.24, 2.45) is 0 Å². The van der Waals surface area contributed by atoms with Crippen LogP contribution in [-0.2, 0) is 26.2 Å². The largest absolute Gasteiger partial charge is 0.354 e. The van der Waals surface area contributed by atoms with E-state index < -0.39 is 28.5 Å². The molecule has 11 heteroatoms. The van der Waals surface area contributed by atoms with Crippen molar-refractivity contribution >= 4 is 62.3 Å². The molecule has 34 heavy (non-hydrogen) atoms. The summed E-state index contributed by atoms with van der Waals surface area (Å²) in [4.78, 5) is 27.6. The monoisotopic (exact) mass is 547 g/mol. The summed E-state index contributed by atoms with van der Waals surface area (Å²) in [6.45, 7) is 3.39. The first-order valence-electron chi connectivity index (χ1n) is 10.7. The van der Waals surface area contributed by atoms with Gasteiger partial charge < -0.3 is 10.2 Å². The predicted molar refractivity (Wildman–Crippen MR) is 138 cm³/mol. The summed E-state index contributed by atoms with van der Waals surface area (Å²) in [6, 6.07) is 10.3. The Bertz CT molecular complexity index is 1110. The number of para-hydroxylation sites is 1. The van der Waals surface area contributed by atoms with E-state index in [0.717, 1.165) is 23.4 Å². The van der Waals surface area contributed by atoms with E-state index in [1.807, 2.05) is 6.92 Å². The van der Waals surface area contributed by atoms with E-state index in [0.29, 0.717) is 22.2 Å². The second-order valence-electron chi connectivity index (χ2n) is 7.76. The first-order chi connectivity index (χ1) is 16.0. The fourth-order valence-corrected chi connectivity index (χ4v) is 4.89. The third-order valence-electron chi connectivity index (χ3n) is 5.19. The second-order valence-corrected chi connectivity index (χ2v) is 10.9. The Balaban J connectivity index is 2.42. The van der Waals surface area contributed by atoms with Gasteiger partial charge in [0, 0.05) is 28.7 Å². The standard InChI is InChI=1S/C23H28Cl3N3O4S/c1-4-5-13-27-23(31)16(2)28(14-17-18(24)10-8-11-19(17)25)22(30)15-29(34(3,32)33)21-12-7-6-9-20(21)26/h6-12,16H,4-5,13-15H2,1-3H3,(H,27,31)/t16-/m0/s1. The molecule has 0 spiro atoms. The van der Waals surface area contributed by atoms with E-state index in [4.69, 9.17) is 34.8 Å². The number of hydrogen-bond donors (Lipinski definition) is 1. The Morgan fingerprint density at radius 2 is 1.59 bits per heavy atom. The van der Waals surface area contributed by atoms with Crippen molar-refractivity contribution in [2.75, 3.05) is 23.7 Å². The SMILES string of the molecule is CCCCNC(=O)[C@H](C)N(Cc1c(Cl)cccc1Cl)C(=O)CN(c1ccccc1Cl)S(C)(=O)=O. The highest BCUT2D eigenvalue weighted by molar-refractivity contribution is 7.92. The van der Waals surface area contributed by atoms with Crippen molar-refractivity contribution in [3.63, 3.8) is 0 Å². The summed E-state index contributed by atoms with van der Waals surface area (Å²) < 4.78 is 26.0. The lowest BCUT2D eigenvalue weighted by molar-refractivity contribution is -0.139. The van der Waals surface area contributed by atoms with E-state index in [1.54, 1.807) is 37.3 Å². The average Bonchev–Trinajstić information content (AvgIpc) is 2.76. The Kier molecular flexibility index (Phi) is 10.5. The molecule has 1 atom stereocenters. The van der Waals surface area contributed by atoms with Crippen molar-refractivity contribution in [2.45, 2.75) is 39.3 Å². The highest BCUT2D eigenvalue weighted by Gasteiger charge is 2.31. The lowest BCUT2D eigenvalue weighted by atomic mass is 10.1.